The Morgan fingerprint density at radius 1 is 1.38 bits per heavy atom. The van der Waals surface area contributed by atoms with E-state index in [1.54, 1.807) is 24.7 Å². The second kappa shape index (κ2) is 6.79. The predicted octanol–water partition coefficient (Wildman–Crippen LogP) is 0.985. The van der Waals surface area contributed by atoms with Crippen LogP contribution in [0.4, 0.5) is 4.39 Å². The number of amides is 1. The second-order valence-corrected chi connectivity index (χ2v) is 5.55. The number of aliphatic carboxylic acids is 1. The minimum Gasteiger partial charge on any atom is -0.480 e. The Morgan fingerprint density at radius 3 is 2.58 bits per heavy atom. The van der Waals surface area contributed by atoms with Gasteiger partial charge in [-0.1, -0.05) is 0 Å². The van der Waals surface area contributed by atoms with Gasteiger partial charge in [-0.15, -0.1) is 0 Å². The number of nitrogens with zero attached hydrogens (tertiary/aromatic N) is 2. The van der Waals surface area contributed by atoms with Crippen LogP contribution in [0.1, 0.15) is 21.7 Å². The summed E-state index contributed by atoms with van der Waals surface area (Å²) in [6.07, 6.45) is 0. The number of rotatable bonds is 5. The summed E-state index contributed by atoms with van der Waals surface area (Å²) in [6, 6.07) is 2.75. The molecule has 1 amide bonds. The quantitative estimate of drug-likeness (QED) is 0.755. The highest BCUT2D eigenvalue weighted by molar-refractivity contribution is 5.96. The molecule has 0 saturated heterocycles. The van der Waals surface area contributed by atoms with Crippen molar-refractivity contribution in [3.05, 3.63) is 41.0 Å². The first-order chi connectivity index (χ1) is 11.2. The average molecular weight is 334 g/mol. The third-order valence-corrected chi connectivity index (χ3v) is 3.76. The van der Waals surface area contributed by atoms with Crippen LogP contribution in [0.15, 0.2) is 18.2 Å². The predicted molar refractivity (Wildman–Crippen MR) is 86.0 cm³/mol. The zero-order valence-corrected chi connectivity index (χ0v) is 13.6. The van der Waals surface area contributed by atoms with E-state index in [-0.39, 0.29) is 12.1 Å². The molecule has 1 heterocycles. The number of aryl methyl sites for hydroxylation is 2. The van der Waals surface area contributed by atoms with Crippen molar-refractivity contribution >= 4 is 11.9 Å². The van der Waals surface area contributed by atoms with Gasteiger partial charge in [-0.05, 0) is 37.6 Å². The van der Waals surface area contributed by atoms with Gasteiger partial charge in [-0.3, -0.25) is 14.3 Å². The Bertz CT molecular complexity index is 801. The fraction of sp³-hybridized carbons (Fsp3) is 0.312. The molecular formula is C16H19FN4O3. The molecule has 0 fully saturated rings. The van der Waals surface area contributed by atoms with Gasteiger partial charge in [0, 0.05) is 30.4 Å². The van der Waals surface area contributed by atoms with E-state index < -0.39 is 23.7 Å². The molecule has 2 aromatic rings. The molecule has 0 saturated carbocycles. The van der Waals surface area contributed by atoms with Crippen molar-refractivity contribution < 1.29 is 19.1 Å². The first-order valence-electron chi connectivity index (χ1n) is 7.28. The summed E-state index contributed by atoms with van der Waals surface area (Å²) in [7, 11) is 1.78. The molecular weight excluding hydrogens is 315 g/mol. The van der Waals surface area contributed by atoms with Gasteiger partial charge in [0.15, 0.2) is 0 Å². The number of carboxylic acid groups (broad SMARTS) is 1. The summed E-state index contributed by atoms with van der Waals surface area (Å²) in [5.41, 5.74) is 8.28. The molecule has 7 nitrogen and oxygen atoms in total. The van der Waals surface area contributed by atoms with Crippen molar-refractivity contribution in [2.75, 3.05) is 6.54 Å². The lowest BCUT2D eigenvalue weighted by molar-refractivity contribution is -0.138. The highest BCUT2D eigenvalue weighted by Gasteiger charge is 2.17. The van der Waals surface area contributed by atoms with Crippen LogP contribution >= 0.6 is 0 Å². The van der Waals surface area contributed by atoms with Crippen molar-refractivity contribution in [1.82, 2.24) is 15.1 Å². The number of carboxylic acids is 1. The molecule has 8 heteroatoms. The Hall–Kier alpha value is -2.74. The molecule has 0 bridgehead atoms. The maximum absolute atomic E-state index is 13.9. The molecule has 1 atom stereocenters. The number of carbonyl (C=O) groups excluding carboxylic acids is 1. The second-order valence-electron chi connectivity index (χ2n) is 5.55. The van der Waals surface area contributed by atoms with Gasteiger partial charge in [0.1, 0.15) is 11.9 Å². The first kappa shape index (κ1) is 17.6. The van der Waals surface area contributed by atoms with Crippen LogP contribution in [0.25, 0.3) is 11.1 Å². The van der Waals surface area contributed by atoms with Crippen LogP contribution in [0, 0.1) is 19.7 Å². The summed E-state index contributed by atoms with van der Waals surface area (Å²) in [5.74, 6) is -2.38. The van der Waals surface area contributed by atoms with Gasteiger partial charge in [-0.2, -0.15) is 5.10 Å². The molecule has 2 rings (SSSR count). The van der Waals surface area contributed by atoms with Crippen LogP contribution in [-0.2, 0) is 11.8 Å². The monoisotopic (exact) mass is 334 g/mol. The topological polar surface area (TPSA) is 110 Å². The van der Waals surface area contributed by atoms with E-state index in [1.165, 1.54) is 6.07 Å². The minimum absolute atomic E-state index is 0.0882. The average Bonchev–Trinajstić information content (AvgIpc) is 2.76. The highest BCUT2D eigenvalue weighted by atomic mass is 19.1. The molecule has 0 unspecified atom stereocenters. The summed E-state index contributed by atoms with van der Waals surface area (Å²) >= 11 is 0. The van der Waals surface area contributed by atoms with Gasteiger partial charge in [-0.25, -0.2) is 4.39 Å². The number of halogens is 1. The number of carbonyl (C=O) groups is 2. The molecule has 1 aromatic heterocycles. The van der Waals surface area contributed by atoms with E-state index in [0.717, 1.165) is 23.0 Å². The number of hydrogen-bond donors (Lipinski definition) is 3. The Labute approximate surface area is 138 Å². The normalized spacial score (nSPS) is 12.0. The van der Waals surface area contributed by atoms with E-state index in [0.29, 0.717) is 5.56 Å². The zero-order valence-electron chi connectivity index (χ0n) is 13.6. The van der Waals surface area contributed by atoms with E-state index >= 15 is 0 Å². The van der Waals surface area contributed by atoms with Crippen LogP contribution in [0.2, 0.25) is 0 Å². The van der Waals surface area contributed by atoms with Crippen molar-refractivity contribution in [2.24, 2.45) is 12.8 Å². The van der Waals surface area contributed by atoms with Crippen LogP contribution in [0.3, 0.4) is 0 Å². The number of nitrogens with one attached hydrogen (secondary N) is 1. The lowest BCUT2D eigenvalue weighted by Crippen LogP contribution is -2.42. The standard InChI is InChI=1S/C16H19FN4O3/c1-8-14(9(2)21(3)20-8)10-4-11(6-12(17)5-10)15(22)19-7-13(18)16(23)24/h4-6,13H,7,18H2,1-3H3,(H,19,22)(H,23,24)/t13-/m1/s1. The molecule has 0 aliphatic carbocycles. The highest BCUT2D eigenvalue weighted by Crippen LogP contribution is 2.28. The smallest absolute Gasteiger partial charge is 0.322 e. The summed E-state index contributed by atoms with van der Waals surface area (Å²) in [4.78, 5) is 22.8. The summed E-state index contributed by atoms with van der Waals surface area (Å²) < 4.78 is 15.6. The molecule has 0 aliphatic rings. The van der Waals surface area contributed by atoms with E-state index in [2.05, 4.69) is 10.4 Å². The zero-order chi connectivity index (χ0) is 18.0. The molecule has 128 valence electrons. The number of hydrogen-bond acceptors (Lipinski definition) is 4. The maximum Gasteiger partial charge on any atom is 0.322 e. The Morgan fingerprint density at radius 2 is 2.04 bits per heavy atom. The van der Waals surface area contributed by atoms with Gasteiger partial charge in [0.2, 0.25) is 0 Å². The largest absolute Gasteiger partial charge is 0.480 e. The van der Waals surface area contributed by atoms with Crippen LogP contribution in [-0.4, -0.2) is 39.4 Å². The summed E-state index contributed by atoms with van der Waals surface area (Å²) in [5, 5.41) is 15.4. The van der Waals surface area contributed by atoms with E-state index in [1.807, 2.05) is 6.92 Å². The lowest BCUT2D eigenvalue weighted by atomic mass is 10.0. The van der Waals surface area contributed by atoms with Crippen molar-refractivity contribution in [3.63, 3.8) is 0 Å². The number of benzene rings is 1. The number of nitrogens with two attached hydrogens (primary N) is 1. The molecule has 0 spiro atoms. The van der Waals surface area contributed by atoms with Crippen LogP contribution in [0.5, 0.6) is 0 Å². The molecule has 24 heavy (non-hydrogen) atoms. The Balaban J connectivity index is 2.32. The third-order valence-electron chi connectivity index (χ3n) is 3.76. The number of aromatic nitrogens is 2. The fourth-order valence-electron chi connectivity index (χ4n) is 2.45. The van der Waals surface area contributed by atoms with Crippen molar-refractivity contribution in [3.8, 4) is 11.1 Å². The van der Waals surface area contributed by atoms with Gasteiger partial charge >= 0.3 is 5.97 Å². The Kier molecular flexibility index (Phi) is 4.99. The molecule has 0 aliphatic heterocycles. The maximum atomic E-state index is 13.9. The van der Waals surface area contributed by atoms with Gasteiger partial charge in [0.05, 0.1) is 5.69 Å². The first-order valence-corrected chi connectivity index (χ1v) is 7.28. The molecule has 0 radical (unpaired) electrons. The van der Waals surface area contributed by atoms with Gasteiger partial charge in [0.25, 0.3) is 5.91 Å². The SMILES string of the molecule is Cc1nn(C)c(C)c1-c1cc(F)cc(C(=O)NC[C@@H](N)C(=O)O)c1. The van der Waals surface area contributed by atoms with Crippen molar-refractivity contribution in [1.29, 1.82) is 0 Å². The van der Waals surface area contributed by atoms with Gasteiger partial charge < -0.3 is 16.2 Å². The van der Waals surface area contributed by atoms with E-state index in [4.69, 9.17) is 10.8 Å². The molecule has 4 N–H and O–H groups in total. The fourth-order valence-corrected chi connectivity index (χ4v) is 2.45. The van der Waals surface area contributed by atoms with E-state index in [9.17, 15) is 14.0 Å². The lowest BCUT2D eigenvalue weighted by Gasteiger charge is -2.10. The third kappa shape index (κ3) is 3.60. The van der Waals surface area contributed by atoms with Crippen molar-refractivity contribution in [2.45, 2.75) is 19.9 Å². The summed E-state index contributed by atoms with van der Waals surface area (Å²) in [6.45, 7) is 3.41. The van der Waals surface area contributed by atoms with Crippen LogP contribution < -0.4 is 11.1 Å². The molecule has 1 aromatic carbocycles. The minimum atomic E-state index is -1.23.